The van der Waals surface area contributed by atoms with Crippen molar-refractivity contribution in [2.24, 2.45) is 0 Å². The summed E-state index contributed by atoms with van der Waals surface area (Å²) in [5.41, 5.74) is 7.02. The first-order valence-corrected chi connectivity index (χ1v) is 7.38. The van der Waals surface area contributed by atoms with Crippen LogP contribution in [0.3, 0.4) is 0 Å². The van der Waals surface area contributed by atoms with E-state index in [1.54, 1.807) is 25.3 Å². The second kappa shape index (κ2) is 6.68. The maximum atomic E-state index is 11.9. The van der Waals surface area contributed by atoms with Crippen molar-refractivity contribution >= 4 is 29.0 Å². The van der Waals surface area contributed by atoms with Crippen molar-refractivity contribution < 1.29 is 9.53 Å². The van der Waals surface area contributed by atoms with E-state index < -0.39 is 0 Å². The molecule has 0 radical (unpaired) electrons. The first-order chi connectivity index (χ1) is 9.19. The van der Waals surface area contributed by atoms with E-state index in [1.807, 2.05) is 11.8 Å². The third kappa shape index (κ3) is 4.04. The average Bonchev–Trinajstić information content (AvgIpc) is 2.42. The zero-order chi connectivity index (χ0) is 13.7. The minimum atomic E-state index is -0.0243. The van der Waals surface area contributed by atoms with Crippen LogP contribution in [0.4, 0.5) is 11.4 Å². The highest BCUT2D eigenvalue weighted by Crippen LogP contribution is 2.24. The quantitative estimate of drug-likeness (QED) is 0.813. The Labute approximate surface area is 117 Å². The standard InChI is InChI=1S/C13H19N3O2S/c1-18-10-2-3-12(11(14)8-10)15-13(17)9-16-4-6-19-7-5-16/h2-3,8H,4-7,9,14H2,1H3,(H,15,17). The van der Waals surface area contributed by atoms with Gasteiger partial charge in [0.15, 0.2) is 0 Å². The monoisotopic (exact) mass is 281 g/mol. The zero-order valence-electron chi connectivity index (χ0n) is 11.0. The van der Waals surface area contributed by atoms with Gasteiger partial charge in [0, 0.05) is 30.7 Å². The summed E-state index contributed by atoms with van der Waals surface area (Å²) < 4.78 is 5.07. The van der Waals surface area contributed by atoms with Crippen molar-refractivity contribution in [1.29, 1.82) is 0 Å². The van der Waals surface area contributed by atoms with Gasteiger partial charge in [0.25, 0.3) is 0 Å². The molecule has 0 aliphatic carbocycles. The topological polar surface area (TPSA) is 67.6 Å². The molecule has 1 aromatic carbocycles. The molecule has 104 valence electrons. The SMILES string of the molecule is COc1ccc(NC(=O)CN2CCSCC2)c(N)c1. The summed E-state index contributed by atoms with van der Waals surface area (Å²) in [7, 11) is 1.58. The van der Waals surface area contributed by atoms with Crippen LogP contribution in [-0.4, -0.2) is 49.1 Å². The number of carbonyl (C=O) groups excluding carboxylic acids is 1. The maximum Gasteiger partial charge on any atom is 0.238 e. The highest BCUT2D eigenvalue weighted by Gasteiger charge is 2.14. The summed E-state index contributed by atoms with van der Waals surface area (Å²) in [5.74, 6) is 2.85. The summed E-state index contributed by atoms with van der Waals surface area (Å²) >= 11 is 1.93. The molecule has 0 atom stereocenters. The van der Waals surface area contributed by atoms with E-state index in [1.165, 1.54) is 0 Å². The maximum absolute atomic E-state index is 11.9. The highest BCUT2D eigenvalue weighted by molar-refractivity contribution is 7.99. The second-order valence-electron chi connectivity index (χ2n) is 4.39. The molecule has 1 aliphatic heterocycles. The molecule has 5 nitrogen and oxygen atoms in total. The molecule has 0 aromatic heterocycles. The molecule has 6 heteroatoms. The van der Waals surface area contributed by atoms with Gasteiger partial charge in [-0.3, -0.25) is 9.69 Å². The molecule has 1 amide bonds. The summed E-state index contributed by atoms with van der Waals surface area (Å²) in [6, 6.07) is 5.24. The van der Waals surface area contributed by atoms with Gasteiger partial charge < -0.3 is 15.8 Å². The van der Waals surface area contributed by atoms with Gasteiger partial charge in [-0.15, -0.1) is 0 Å². The molecule has 19 heavy (non-hydrogen) atoms. The van der Waals surface area contributed by atoms with Crippen LogP contribution in [0, 0.1) is 0 Å². The summed E-state index contributed by atoms with van der Waals surface area (Å²) in [6.45, 7) is 2.36. The number of rotatable bonds is 4. The zero-order valence-corrected chi connectivity index (χ0v) is 11.8. The average molecular weight is 281 g/mol. The van der Waals surface area contributed by atoms with Gasteiger partial charge in [-0.1, -0.05) is 0 Å². The third-order valence-corrected chi connectivity index (χ3v) is 3.95. The van der Waals surface area contributed by atoms with Crippen LogP contribution in [0.15, 0.2) is 18.2 Å². The molecule has 0 unspecified atom stereocenters. The summed E-state index contributed by atoms with van der Waals surface area (Å²) in [5, 5.41) is 2.84. The fourth-order valence-corrected chi connectivity index (χ4v) is 2.91. The van der Waals surface area contributed by atoms with Crippen molar-refractivity contribution in [2.45, 2.75) is 0 Å². The lowest BCUT2D eigenvalue weighted by Gasteiger charge is -2.25. The molecular formula is C13H19N3O2S. The van der Waals surface area contributed by atoms with Crippen molar-refractivity contribution in [2.75, 3.05) is 49.3 Å². The number of amides is 1. The molecule has 1 heterocycles. The number of ether oxygens (including phenoxy) is 1. The number of nitrogens with one attached hydrogen (secondary N) is 1. The molecule has 3 N–H and O–H groups in total. The first kappa shape index (κ1) is 14.0. The molecule has 2 rings (SSSR count). The number of nitrogen functional groups attached to an aromatic ring is 1. The Hall–Kier alpha value is -1.40. The Morgan fingerprint density at radius 2 is 2.21 bits per heavy atom. The van der Waals surface area contributed by atoms with Crippen LogP contribution in [0.25, 0.3) is 0 Å². The van der Waals surface area contributed by atoms with Gasteiger partial charge in [0.2, 0.25) is 5.91 Å². The molecule has 1 fully saturated rings. The predicted octanol–water partition coefficient (Wildman–Crippen LogP) is 1.26. The molecular weight excluding hydrogens is 262 g/mol. The number of nitrogens with zero attached hydrogens (tertiary/aromatic N) is 1. The van der Waals surface area contributed by atoms with E-state index >= 15 is 0 Å². The number of thioether (sulfide) groups is 1. The lowest BCUT2D eigenvalue weighted by atomic mass is 10.2. The van der Waals surface area contributed by atoms with E-state index in [0.717, 1.165) is 24.6 Å². The van der Waals surface area contributed by atoms with Crippen LogP contribution in [0.1, 0.15) is 0 Å². The second-order valence-corrected chi connectivity index (χ2v) is 5.61. The predicted molar refractivity (Wildman–Crippen MR) is 79.8 cm³/mol. The minimum Gasteiger partial charge on any atom is -0.497 e. The number of anilines is 2. The van der Waals surface area contributed by atoms with Crippen molar-refractivity contribution in [3.8, 4) is 5.75 Å². The lowest BCUT2D eigenvalue weighted by molar-refractivity contribution is -0.117. The molecule has 1 saturated heterocycles. The van der Waals surface area contributed by atoms with E-state index in [0.29, 0.717) is 23.7 Å². The van der Waals surface area contributed by atoms with E-state index in [2.05, 4.69) is 10.2 Å². The fourth-order valence-electron chi connectivity index (χ4n) is 1.93. The Kier molecular flexibility index (Phi) is 4.93. The highest BCUT2D eigenvalue weighted by atomic mass is 32.2. The number of hydrogen-bond donors (Lipinski definition) is 2. The van der Waals surface area contributed by atoms with Crippen molar-refractivity contribution in [3.05, 3.63) is 18.2 Å². The van der Waals surface area contributed by atoms with Crippen LogP contribution < -0.4 is 15.8 Å². The minimum absolute atomic E-state index is 0.0243. The number of nitrogens with two attached hydrogens (primary N) is 1. The van der Waals surface area contributed by atoms with E-state index in [-0.39, 0.29) is 5.91 Å². The summed E-state index contributed by atoms with van der Waals surface area (Å²) in [4.78, 5) is 14.1. The van der Waals surface area contributed by atoms with Gasteiger partial charge >= 0.3 is 0 Å². The van der Waals surface area contributed by atoms with Crippen LogP contribution >= 0.6 is 11.8 Å². The van der Waals surface area contributed by atoms with Crippen LogP contribution in [0.2, 0.25) is 0 Å². The third-order valence-electron chi connectivity index (χ3n) is 3.00. The van der Waals surface area contributed by atoms with Crippen LogP contribution in [0.5, 0.6) is 5.75 Å². The van der Waals surface area contributed by atoms with Crippen molar-refractivity contribution in [1.82, 2.24) is 4.90 Å². The summed E-state index contributed by atoms with van der Waals surface area (Å²) in [6.07, 6.45) is 0. The molecule has 1 aromatic rings. The Morgan fingerprint density at radius 1 is 1.47 bits per heavy atom. The van der Waals surface area contributed by atoms with Gasteiger partial charge in [0.05, 0.1) is 25.0 Å². The molecule has 0 spiro atoms. The number of carbonyl (C=O) groups is 1. The fraction of sp³-hybridized carbons (Fsp3) is 0.462. The molecule has 0 saturated carbocycles. The van der Waals surface area contributed by atoms with Gasteiger partial charge in [-0.2, -0.15) is 11.8 Å². The normalized spacial score (nSPS) is 16.1. The smallest absolute Gasteiger partial charge is 0.238 e. The number of hydrogen-bond acceptors (Lipinski definition) is 5. The Bertz CT molecular complexity index is 448. The first-order valence-electron chi connectivity index (χ1n) is 6.22. The molecule has 1 aliphatic rings. The van der Waals surface area contributed by atoms with Gasteiger partial charge in [0.1, 0.15) is 5.75 Å². The van der Waals surface area contributed by atoms with Gasteiger partial charge in [-0.25, -0.2) is 0 Å². The van der Waals surface area contributed by atoms with E-state index in [9.17, 15) is 4.79 Å². The Balaban J connectivity index is 1.91. The number of benzene rings is 1. The number of methoxy groups -OCH3 is 1. The van der Waals surface area contributed by atoms with Crippen molar-refractivity contribution in [3.63, 3.8) is 0 Å². The van der Waals surface area contributed by atoms with Gasteiger partial charge in [-0.05, 0) is 12.1 Å². The molecule has 0 bridgehead atoms. The van der Waals surface area contributed by atoms with Crippen LogP contribution in [-0.2, 0) is 4.79 Å². The largest absolute Gasteiger partial charge is 0.497 e. The van der Waals surface area contributed by atoms with E-state index in [4.69, 9.17) is 10.5 Å². The Morgan fingerprint density at radius 3 is 2.84 bits per heavy atom. The lowest BCUT2D eigenvalue weighted by Crippen LogP contribution is -2.38.